The summed E-state index contributed by atoms with van der Waals surface area (Å²) in [6, 6.07) is 14.7. The van der Waals surface area contributed by atoms with E-state index in [0.29, 0.717) is 16.8 Å². The second kappa shape index (κ2) is 8.17. The minimum atomic E-state index is -0.154. The molecule has 0 saturated carbocycles. The first-order chi connectivity index (χ1) is 12.1. The summed E-state index contributed by atoms with van der Waals surface area (Å²) in [5, 5.41) is 11.1. The summed E-state index contributed by atoms with van der Waals surface area (Å²) in [5.41, 5.74) is 1.53. The summed E-state index contributed by atoms with van der Waals surface area (Å²) in [4.78, 5) is 12.0. The van der Waals surface area contributed by atoms with Crippen molar-refractivity contribution in [2.24, 2.45) is 0 Å². The number of amides is 1. The molecule has 128 valence electrons. The third-order valence-corrected chi connectivity index (χ3v) is 4.55. The van der Waals surface area contributed by atoms with E-state index >= 15 is 0 Å². The number of ether oxygens (including phenoxy) is 1. The molecule has 1 N–H and O–H groups in total. The Morgan fingerprint density at radius 1 is 1.16 bits per heavy atom. The predicted octanol–water partition coefficient (Wildman–Crippen LogP) is 4.24. The van der Waals surface area contributed by atoms with E-state index in [0.717, 1.165) is 15.8 Å². The molecule has 3 rings (SSSR count). The van der Waals surface area contributed by atoms with E-state index < -0.39 is 0 Å². The number of carbonyl (C=O) groups is 1. The SMILES string of the molecule is COc1ccc(NC(=O)CSc2nnc(-c3ccc(Br)cc3)o2)cc1. The van der Waals surface area contributed by atoms with E-state index in [9.17, 15) is 4.79 Å². The van der Waals surface area contributed by atoms with Gasteiger partial charge in [-0.1, -0.05) is 27.7 Å². The third-order valence-electron chi connectivity index (χ3n) is 3.20. The quantitative estimate of drug-likeness (QED) is 0.602. The highest BCUT2D eigenvalue weighted by molar-refractivity contribution is 9.10. The summed E-state index contributed by atoms with van der Waals surface area (Å²) in [6.45, 7) is 0. The first-order valence-corrected chi connectivity index (χ1v) is 9.08. The van der Waals surface area contributed by atoms with Gasteiger partial charge in [0.15, 0.2) is 0 Å². The number of hydrogen-bond donors (Lipinski definition) is 1. The zero-order chi connectivity index (χ0) is 17.6. The highest BCUT2D eigenvalue weighted by Gasteiger charge is 2.11. The molecule has 1 aromatic heterocycles. The third kappa shape index (κ3) is 4.83. The van der Waals surface area contributed by atoms with Gasteiger partial charge in [-0.15, -0.1) is 10.2 Å². The average molecular weight is 420 g/mol. The van der Waals surface area contributed by atoms with E-state index in [4.69, 9.17) is 9.15 Å². The normalized spacial score (nSPS) is 10.5. The van der Waals surface area contributed by atoms with Crippen LogP contribution < -0.4 is 10.1 Å². The number of hydrogen-bond acceptors (Lipinski definition) is 6. The fourth-order valence-corrected chi connectivity index (χ4v) is 2.80. The second-order valence-electron chi connectivity index (χ2n) is 4.95. The molecule has 0 radical (unpaired) electrons. The molecule has 0 aliphatic carbocycles. The van der Waals surface area contributed by atoms with E-state index in [1.54, 1.807) is 31.4 Å². The lowest BCUT2D eigenvalue weighted by molar-refractivity contribution is -0.113. The monoisotopic (exact) mass is 419 g/mol. The molecule has 1 amide bonds. The van der Waals surface area contributed by atoms with Gasteiger partial charge in [0, 0.05) is 15.7 Å². The van der Waals surface area contributed by atoms with Crippen LogP contribution in [0, 0.1) is 0 Å². The average Bonchev–Trinajstić information content (AvgIpc) is 3.10. The minimum Gasteiger partial charge on any atom is -0.497 e. The number of carbonyl (C=O) groups excluding carboxylic acids is 1. The molecule has 0 aliphatic heterocycles. The summed E-state index contributed by atoms with van der Waals surface area (Å²) < 4.78 is 11.6. The van der Waals surface area contributed by atoms with Crippen molar-refractivity contribution in [2.75, 3.05) is 18.2 Å². The van der Waals surface area contributed by atoms with Crippen LogP contribution in [0.4, 0.5) is 5.69 Å². The largest absolute Gasteiger partial charge is 0.497 e. The fourth-order valence-electron chi connectivity index (χ4n) is 1.98. The van der Waals surface area contributed by atoms with Crippen LogP contribution in [0.5, 0.6) is 5.75 Å². The van der Waals surface area contributed by atoms with Crippen LogP contribution >= 0.6 is 27.7 Å². The van der Waals surface area contributed by atoms with Gasteiger partial charge in [0.25, 0.3) is 5.22 Å². The van der Waals surface area contributed by atoms with Crippen molar-refractivity contribution in [3.8, 4) is 17.2 Å². The molecule has 0 fully saturated rings. The standard InChI is InChI=1S/C17H14BrN3O3S/c1-23-14-8-6-13(7-9-14)19-15(22)10-25-17-21-20-16(24-17)11-2-4-12(18)5-3-11/h2-9H,10H2,1H3,(H,19,22). The fraction of sp³-hybridized carbons (Fsp3) is 0.118. The maximum atomic E-state index is 12.0. The Kier molecular flexibility index (Phi) is 5.72. The zero-order valence-electron chi connectivity index (χ0n) is 13.2. The molecule has 0 spiro atoms. The van der Waals surface area contributed by atoms with E-state index in [1.165, 1.54) is 11.8 Å². The second-order valence-corrected chi connectivity index (χ2v) is 6.79. The topological polar surface area (TPSA) is 77.2 Å². The molecule has 8 heteroatoms. The predicted molar refractivity (Wildman–Crippen MR) is 99.8 cm³/mol. The molecule has 0 bridgehead atoms. The molecule has 0 aliphatic rings. The maximum absolute atomic E-state index is 12.0. The number of thioether (sulfide) groups is 1. The highest BCUT2D eigenvalue weighted by atomic mass is 79.9. The number of rotatable bonds is 6. The Bertz CT molecular complexity index is 850. The molecule has 3 aromatic rings. The molecular formula is C17H14BrN3O3S. The van der Waals surface area contributed by atoms with Crippen molar-refractivity contribution in [1.29, 1.82) is 0 Å². The molecule has 25 heavy (non-hydrogen) atoms. The van der Waals surface area contributed by atoms with E-state index in [-0.39, 0.29) is 11.7 Å². The highest BCUT2D eigenvalue weighted by Crippen LogP contribution is 2.24. The Hall–Kier alpha value is -2.32. The van der Waals surface area contributed by atoms with Crippen LogP contribution in [0.1, 0.15) is 0 Å². The van der Waals surface area contributed by atoms with Gasteiger partial charge in [-0.05, 0) is 48.5 Å². The summed E-state index contributed by atoms with van der Waals surface area (Å²) in [7, 11) is 1.59. The van der Waals surface area contributed by atoms with Crippen LogP contribution in [0.3, 0.4) is 0 Å². The Balaban J connectivity index is 1.54. The molecule has 1 heterocycles. The van der Waals surface area contributed by atoms with Crippen LogP contribution in [-0.2, 0) is 4.79 Å². The van der Waals surface area contributed by atoms with Crippen molar-refractivity contribution < 1.29 is 13.9 Å². The number of anilines is 1. The number of nitrogens with one attached hydrogen (secondary N) is 1. The lowest BCUT2D eigenvalue weighted by Crippen LogP contribution is -2.13. The van der Waals surface area contributed by atoms with E-state index in [1.807, 2.05) is 24.3 Å². The van der Waals surface area contributed by atoms with Crippen molar-refractivity contribution in [2.45, 2.75) is 5.22 Å². The molecule has 2 aromatic carbocycles. The lowest BCUT2D eigenvalue weighted by atomic mass is 10.2. The smallest absolute Gasteiger partial charge is 0.277 e. The van der Waals surface area contributed by atoms with Gasteiger partial charge in [-0.2, -0.15) is 0 Å². The number of methoxy groups -OCH3 is 1. The summed E-state index contributed by atoms with van der Waals surface area (Å²) in [6.07, 6.45) is 0. The zero-order valence-corrected chi connectivity index (χ0v) is 15.6. The number of aromatic nitrogens is 2. The first-order valence-electron chi connectivity index (χ1n) is 7.30. The number of benzene rings is 2. The number of nitrogens with zero attached hydrogens (tertiary/aromatic N) is 2. The van der Waals surface area contributed by atoms with Crippen LogP contribution in [0.2, 0.25) is 0 Å². The number of halogens is 1. The molecule has 0 atom stereocenters. The van der Waals surface area contributed by atoms with Crippen LogP contribution in [-0.4, -0.2) is 29.0 Å². The van der Waals surface area contributed by atoms with Gasteiger partial charge in [0.2, 0.25) is 11.8 Å². The summed E-state index contributed by atoms with van der Waals surface area (Å²) >= 11 is 4.56. The van der Waals surface area contributed by atoms with Gasteiger partial charge >= 0.3 is 0 Å². The minimum absolute atomic E-state index is 0.154. The van der Waals surface area contributed by atoms with E-state index in [2.05, 4.69) is 31.4 Å². The van der Waals surface area contributed by atoms with Crippen molar-refractivity contribution in [3.63, 3.8) is 0 Å². The molecule has 0 saturated heterocycles. The van der Waals surface area contributed by atoms with Crippen molar-refractivity contribution in [1.82, 2.24) is 10.2 Å². The van der Waals surface area contributed by atoms with Gasteiger partial charge in [0.1, 0.15) is 5.75 Å². The lowest BCUT2D eigenvalue weighted by Gasteiger charge is -2.05. The van der Waals surface area contributed by atoms with Crippen molar-refractivity contribution >= 4 is 39.3 Å². The van der Waals surface area contributed by atoms with Crippen molar-refractivity contribution in [3.05, 3.63) is 53.0 Å². The Labute approximate surface area is 157 Å². The Morgan fingerprint density at radius 3 is 2.56 bits per heavy atom. The molecule has 6 nitrogen and oxygen atoms in total. The van der Waals surface area contributed by atoms with Crippen LogP contribution in [0.25, 0.3) is 11.5 Å². The Morgan fingerprint density at radius 2 is 1.88 bits per heavy atom. The van der Waals surface area contributed by atoms with Gasteiger partial charge in [-0.3, -0.25) is 4.79 Å². The van der Waals surface area contributed by atoms with Gasteiger partial charge in [-0.25, -0.2) is 0 Å². The molecular weight excluding hydrogens is 406 g/mol. The van der Waals surface area contributed by atoms with Gasteiger partial charge in [0.05, 0.1) is 12.9 Å². The summed E-state index contributed by atoms with van der Waals surface area (Å²) in [5.74, 6) is 1.18. The first kappa shape index (κ1) is 17.5. The maximum Gasteiger partial charge on any atom is 0.277 e. The molecule has 0 unspecified atom stereocenters. The van der Waals surface area contributed by atoms with Crippen LogP contribution in [0.15, 0.2) is 62.6 Å². The van der Waals surface area contributed by atoms with Gasteiger partial charge < -0.3 is 14.5 Å².